The highest BCUT2D eigenvalue weighted by atomic mass is 35.5. The standard InChI is InChI=1S/C12H10ClFN2O2S/c13-9-3-1-2-4-12(9)16-19(17,18)8-5-6-11(15)10(14)7-8/h1-7,16H,15H2. The first-order chi connectivity index (χ1) is 8.90. The van der Waals surface area contributed by atoms with Gasteiger partial charge in [-0.2, -0.15) is 0 Å². The van der Waals surface area contributed by atoms with Crippen LogP contribution in [0.3, 0.4) is 0 Å². The van der Waals surface area contributed by atoms with E-state index < -0.39 is 15.8 Å². The van der Waals surface area contributed by atoms with Crippen LogP contribution in [0.2, 0.25) is 5.02 Å². The fourth-order valence-electron chi connectivity index (χ4n) is 1.42. The number of para-hydroxylation sites is 1. The monoisotopic (exact) mass is 300 g/mol. The lowest BCUT2D eigenvalue weighted by Gasteiger charge is -2.09. The summed E-state index contributed by atoms with van der Waals surface area (Å²) in [5.74, 6) is -0.790. The van der Waals surface area contributed by atoms with Crippen LogP contribution in [0.4, 0.5) is 15.8 Å². The number of halogens is 2. The first-order valence-electron chi connectivity index (χ1n) is 5.22. The lowest BCUT2D eigenvalue weighted by atomic mass is 10.3. The summed E-state index contributed by atoms with van der Waals surface area (Å²) in [6.45, 7) is 0. The highest BCUT2D eigenvalue weighted by Gasteiger charge is 2.17. The van der Waals surface area contributed by atoms with Gasteiger partial charge in [-0.3, -0.25) is 4.72 Å². The zero-order valence-electron chi connectivity index (χ0n) is 9.60. The lowest BCUT2D eigenvalue weighted by Crippen LogP contribution is -2.13. The molecule has 2 rings (SSSR count). The molecule has 4 nitrogen and oxygen atoms in total. The normalized spacial score (nSPS) is 11.3. The fourth-order valence-corrected chi connectivity index (χ4v) is 2.75. The number of rotatable bonds is 3. The minimum absolute atomic E-state index is 0.114. The van der Waals surface area contributed by atoms with Crippen molar-refractivity contribution in [2.45, 2.75) is 4.90 Å². The molecule has 0 heterocycles. The Morgan fingerprint density at radius 3 is 2.47 bits per heavy atom. The number of nitrogen functional groups attached to an aromatic ring is 1. The molecule has 3 N–H and O–H groups in total. The van der Waals surface area contributed by atoms with Crippen molar-refractivity contribution in [1.82, 2.24) is 0 Å². The van der Waals surface area contributed by atoms with Crippen LogP contribution in [0, 0.1) is 5.82 Å². The largest absolute Gasteiger partial charge is 0.396 e. The van der Waals surface area contributed by atoms with Gasteiger partial charge in [0, 0.05) is 0 Å². The Kier molecular flexibility index (Phi) is 3.64. The van der Waals surface area contributed by atoms with Crippen LogP contribution in [0.15, 0.2) is 47.4 Å². The van der Waals surface area contributed by atoms with Gasteiger partial charge in [-0.1, -0.05) is 23.7 Å². The van der Waals surface area contributed by atoms with E-state index in [1.54, 1.807) is 18.2 Å². The minimum atomic E-state index is -3.91. The van der Waals surface area contributed by atoms with E-state index in [4.69, 9.17) is 17.3 Å². The number of hydrogen-bond acceptors (Lipinski definition) is 3. The molecule has 0 amide bonds. The molecule has 0 aliphatic carbocycles. The van der Waals surface area contributed by atoms with Crippen LogP contribution in [-0.4, -0.2) is 8.42 Å². The molecular formula is C12H10ClFN2O2S. The van der Waals surface area contributed by atoms with Gasteiger partial charge in [-0.25, -0.2) is 12.8 Å². The van der Waals surface area contributed by atoms with E-state index in [1.807, 2.05) is 0 Å². The summed E-state index contributed by atoms with van der Waals surface area (Å²) in [5, 5.41) is 0.252. The van der Waals surface area contributed by atoms with Gasteiger partial charge in [0.2, 0.25) is 0 Å². The maximum Gasteiger partial charge on any atom is 0.262 e. The first kappa shape index (κ1) is 13.6. The summed E-state index contributed by atoms with van der Waals surface area (Å²) in [4.78, 5) is -0.223. The van der Waals surface area contributed by atoms with Gasteiger partial charge in [0.15, 0.2) is 0 Å². The maximum absolute atomic E-state index is 13.3. The van der Waals surface area contributed by atoms with Crippen LogP contribution in [0.25, 0.3) is 0 Å². The number of sulfonamides is 1. The zero-order valence-corrected chi connectivity index (χ0v) is 11.2. The van der Waals surface area contributed by atoms with Gasteiger partial charge in [0.25, 0.3) is 10.0 Å². The summed E-state index contributed by atoms with van der Waals surface area (Å²) in [5.41, 5.74) is 5.41. The van der Waals surface area contributed by atoms with Crippen LogP contribution < -0.4 is 10.5 Å². The van der Waals surface area contributed by atoms with E-state index in [0.29, 0.717) is 0 Å². The molecule has 19 heavy (non-hydrogen) atoms. The molecule has 0 radical (unpaired) electrons. The smallest absolute Gasteiger partial charge is 0.262 e. The highest BCUT2D eigenvalue weighted by molar-refractivity contribution is 7.92. The maximum atomic E-state index is 13.3. The number of anilines is 2. The summed E-state index contributed by atoms with van der Waals surface area (Å²) < 4.78 is 39.6. The number of nitrogens with two attached hydrogens (primary N) is 1. The Balaban J connectivity index is 2.38. The molecular weight excluding hydrogens is 291 g/mol. The van der Waals surface area contributed by atoms with Crippen molar-refractivity contribution >= 4 is 33.0 Å². The molecule has 7 heteroatoms. The third-order valence-corrected chi connectivity index (χ3v) is 4.09. The Morgan fingerprint density at radius 2 is 1.84 bits per heavy atom. The molecule has 0 fully saturated rings. The van der Waals surface area contributed by atoms with E-state index in [9.17, 15) is 12.8 Å². The van der Waals surface area contributed by atoms with Gasteiger partial charge >= 0.3 is 0 Å². The zero-order chi connectivity index (χ0) is 14.0. The molecule has 0 atom stereocenters. The summed E-state index contributed by atoms with van der Waals surface area (Å²) in [6, 6.07) is 9.62. The van der Waals surface area contributed by atoms with Gasteiger partial charge in [0.05, 0.1) is 21.3 Å². The van der Waals surface area contributed by atoms with E-state index >= 15 is 0 Å². The van der Waals surface area contributed by atoms with Gasteiger partial charge < -0.3 is 5.73 Å². The molecule has 2 aromatic carbocycles. The van der Waals surface area contributed by atoms with Crippen LogP contribution in [0.1, 0.15) is 0 Å². The lowest BCUT2D eigenvalue weighted by molar-refractivity contribution is 0.596. The van der Waals surface area contributed by atoms with Crippen molar-refractivity contribution in [3.8, 4) is 0 Å². The predicted octanol–water partition coefficient (Wildman–Crippen LogP) is 2.86. The highest BCUT2D eigenvalue weighted by Crippen LogP contribution is 2.24. The fraction of sp³-hybridized carbons (Fsp3) is 0. The van der Waals surface area contributed by atoms with E-state index in [2.05, 4.69) is 4.72 Å². The van der Waals surface area contributed by atoms with Crippen molar-refractivity contribution in [3.63, 3.8) is 0 Å². The Bertz CT molecular complexity index is 719. The number of nitrogens with one attached hydrogen (secondary N) is 1. The van der Waals surface area contributed by atoms with Crippen LogP contribution in [-0.2, 0) is 10.0 Å². The average Bonchev–Trinajstić information content (AvgIpc) is 2.35. The number of benzene rings is 2. The van der Waals surface area contributed by atoms with Crippen molar-refractivity contribution < 1.29 is 12.8 Å². The predicted molar refractivity (Wildman–Crippen MR) is 73.1 cm³/mol. The molecule has 0 aliphatic heterocycles. The summed E-state index contributed by atoms with van der Waals surface area (Å²) in [7, 11) is -3.91. The molecule has 0 saturated heterocycles. The second kappa shape index (κ2) is 5.07. The number of hydrogen-bond donors (Lipinski definition) is 2. The van der Waals surface area contributed by atoms with Crippen molar-refractivity contribution in [1.29, 1.82) is 0 Å². The van der Waals surface area contributed by atoms with Crippen LogP contribution in [0.5, 0.6) is 0 Å². The molecule has 0 aromatic heterocycles. The Morgan fingerprint density at radius 1 is 1.16 bits per heavy atom. The molecule has 0 saturated carbocycles. The SMILES string of the molecule is Nc1ccc(S(=O)(=O)Nc2ccccc2Cl)cc1F. The second-order valence-corrected chi connectivity index (χ2v) is 5.86. The molecule has 0 aliphatic rings. The van der Waals surface area contributed by atoms with Crippen molar-refractivity contribution in [2.24, 2.45) is 0 Å². The molecule has 100 valence electrons. The Labute approximate surface area is 115 Å². The molecule has 0 spiro atoms. The third-order valence-electron chi connectivity index (χ3n) is 2.40. The third kappa shape index (κ3) is 2.97. The topological polar surface area (TPSA) is 72.2 Å². The van der Waals surface area contributed by atoms with Gasteiger partial charge in [-0.05, 0) is 30.3 Å². The van der Waals surface area contributed by atoms with E-state index in [0.717, 1.165) is 6.07 Å². The average molecular weight is 301 g/mol. The van der Waals surface area contributed by atoms with E-state index in [-0.39, 0.29) is 21.3 Å². The van der Waals surface area contributed by atoms with Crippen molar-refractivity contribution in [3.05, 3.63) is 53.3 Å². The van der Waals surface area contributed by atoms with Crippen molar-refractivity contribution in [2.75, 3.05) is 10.5 Å². The van der Waals surface area contributed by atoms with Gasteiger partial charge in [-0.15, -0.1) is 0 Å². The molecule has 0 bridgehead atoms. The summed E-state index contributed by atoms with van der Waals surface area (Å²) >= 11 is 5.85. The van der Waals surface area contributed by atoms with E-state index in [1.165, 1.54) is 18.2 Å². The minimum Gasteiger partial charge on any atom is -0.396 e. The Hall–Kier alpha value is -1.79. The summed E-state index contributed by atoms with van der Waals surface area (Å²) in [6.07, 6.45) is 0. The molecule has 0 unspecified atom stereocenters. The van der Waals surface area contributed by atoms with Crippen LogP contribution >= 0.6 is 11.6 Å². The molecule has 2 aromatic rings. The first-order valence-corrected chi connectivity index (χ1v) is 7.08. The van der Waals surface area contributed by atoms with Gasteiger partial charge in [0.1, 0.15) is 5.82 Å². The quantitative estimate of drug-likeness (QED) is 0.856. The second-order valence-electron chi connectivity index (χ2n) is 3.77.